The molecule has 6 heteroatoms. The van der Waals surface area contributed by atoms with E-state index in [0.717, 1.165) is 0 Å². The first-order valence-corrected chi connectivity index (χ1v) is 5.02. The lowest BCUT2D eigenvalue weighted by molar-refractivity contribution is -0.384. The highest BCUT2D eigenvalue weighted by atomic mass is 16.6. The van der Waals surface area contributed by atoms with Crippen molar-refractivity contribution in [3.8, 4) is 6.07 Å². The lowest BCUT2D eigenvalue weighted by Gasteiger charge is -2.14. The molecule has 0 aliphatic carbocycles. The minimum Gasteiger partial charge on any atom is -0.383 e. The van der Waals surface area contributed by atoms with E-state index in [2.05, 4.69) is 5.32 Å². The van der Waals surface area contributed by atoms with E-state index in [1.54, 1.807) is 7.11 Å². The molecule has 0 amide bonds. The third-order valence-electron chi connectivity index (χ3n) is 2.14. The minimum atomic E-state index is -0.483. The Morgan fingerprint density at radius 3 is 2.88 bits per heavy atom. The van der Waals surface area contributed by atoms with Crippen molar-refractivity contribution in [2.45, 2.75) is 13.0 Å². The standard InChI is InChI=1S/C11H13N3O3/c1-8(7-17-2)13-10-5-9(6-12)3-4-11(10)14(15)16/h3-5,8,13H,7H2,1-2H3. The van der Waals surface area contributed by atoms with Gasteiger partial charge in [0.1, 0.15) is 5.69 Å². The normalized spacial score (nSPS) is 11.6. The van der Waals surface area contributed by atoms with Gasteiger partial charge in [-0.25, -0.2) is 0 Å². The highest BCUT2D eigenvalue weighted by Crippen LogP contribution is 2.25. The third kappa shape index (κ3) is 3.43. The molecular weight excluding hydrogens is 222 g/mol. The summed E-state index contributed by atoms with van der Waals surface area (Å²) >= 11 is 0. The molecule has 0 fully saturated rings. The van der Waals surface area contributed by atoms with Crippen LogP contribution in [0.25, 0.3) is 0 Å². The number of anilines is 1. The van der Waals surface area contributed by atoms with Gasteiger partial charge in [-0.05, 0) is 19.1 Å². The van der Waals surface area contributed by atoms with Crippen molar-refractivity contribution in [3.63, 3.8) is 0 Å². The van der Waals surface area contributed by atoms with Crippen LogP contribution in [-0.4, -0.2) is 24.7 Å². The number of benzene rings is 1. The van der Waals surface area contributed by atoms with Crippen molar-refractivity contribution in [3.05, 3.63) is 33.9 Å². The Morgan fingerprint density at radius 2 is 2.35 bits per heavy atom. The monoisotopic (exact) mass is 235 g/mol. The zero-order chi connectivity index (χ0) is 12.8. The molecule has 0 radical (unpaired) electrons. The van der Waals surface area contributed by atoms with Crippen molar-refractivity contribution in [2.24, 2.45) is 0 Å². The fraction of sp³-hybridized carbons (Fsp3) is 0.364. The molecule has 0 bridgehead atoms. The van der Waals surface area contributed by atoms with Crippen LogP contribution >= 0.6 is 0 Å². The summed E-state index contributed by atoms with van der Waals surface area (Å²) in [6.45, 7) is 2.26. The maximum absolute atomic E-state index is 10.8. The molecule has 1 aromatic carbocycles. The van der Waals surface area contributed by atoms with Gasteiger partial charge >= 0.3 is 0 Å². The van der Waals surface area contributed by atoms with Crippen LogP contribution < -0.4 is 5.32 Å². The molecule has 0 aliphatic rings. The average Bonchev–Trinajstić information content (AvgIpc) is 2.28. The Bertz CT molecular complexity index is 454. The fourth-order valence-corrected chi connectivity index (χ4v) is 1.44. The largest absolute Gasteiger partial charge is 0.383 e. The molecule has 0 heterocycles. The van der Waals surface area contributed by atoms with Crippen LogP contribution in [0, 0.1) is 21.4 Å². The van der Waals surface area contributed by atoms with Gasteiger partial charge in [-0.1, -0.05) is 0 Å². The van der Waals surface area contributed by atoms with Crippen LogP contribution in [0.5, 0.6) is 0 Å². The van der Waals surface area contributed by atoms with E-state index in [-0.39, 0.29) is 11.7 Å². The Hall–Kier alpha value is -2.13. The topological polar surface area (TPSA) is 88.2 Å². The lowest BCUT2D eigenvalue weighted by Crippen LogP contribution is -2.21. The highest BCUT2D eigenvalue weighted by molar-refractivity contribution is 5.64. The van der Waals surface area contributed by atoms with Crippen molar-refractivity contribution < 1.29 is 9.66 Å². The first-order chi connectivity index (χ1) is 8.08. The summed E-state index contributed by atoms with van der Waals surface area (Å²) in [7, 11) is 1.55. The van der Waals surface area contributed by atoms with E-state index in [0.29, 0.717) is 17.9 Å². The number of nitro groups is 1. The summed E-state index contributed by atoms with van der Waals surface area (Å²) in [4.78, 5) is 10.3. The highest BCUT2D eigenvalue weighted by Gasteiger charge is 2.15. The molecule has 1 rings (SSSR count). The number of nitriles is 1. The molecule has 1 aromatic rings. The summed E-state index contributed by atoms with van der Waals surface area (Å²) < 4.78 is 4.94. The van der Waals surface area contributed by atoms with Gasteiger partial charge in [0.2, 0.25) is 0 Å². The van der Waals surface area contributed by atoms with Gasteiger partial charge in [-0.15, -0.1) is 0 Å². The summed E-state index contributed by atoms with van der Waals surface area (Å²) in [6, 6.07) is 6.07. The van der Waals surface area contributed by atoms with Gasteiger partial charge in [0, 0.05) is 19.2 Å². The maximum Gasteiger partial charge on any atom is 0.292 e. The zero-order valence-corrected chi connectivity index (χ0v) is 9.64. The fourth-order valence-electron chi connectivity index (χ4n) is 1.44. The number of ether oxygens (including phenoxy) is 1. The van der Waals surface area contributed by atoms with E-state index in [4.69, 9.17) is 10.00 Å². The van der Waals surface area contributed by atoms with Gasteiger partial charge in [0.15, 0.2) is 0 Å². The second-order valence-electron chi connectivity index (χ2n) is 3.60. The Morgan fingerprint density at radius 1 is 1.65 bits per heavy atom. The van der Waals surface area contributed by atoms with Crippen molar-refractivity contribution in [1.82, 2.24) is 0 Å². The summed E-state index contributed by atoms with van der Waals surface area (Å²) in [5.41, 5.74) is 0.660. The molecule has 1 N–H and O–H groups in total. The van der Waals surface area contributed by atoms with E-state index >= 15 is 0 Å². The number of rotatable bonds is 5. The molecule has 0 aromatic heterocycles. The number of hydrogen-bond acceptors (Lipinski definition) is 5. The molecule has 1 atom stereocenters. The van der Waals surface area contributed by atoms with Crippen LogP contribution in [0.2, 0.25) is 0 Å². The first kappa shape index (κ1) is 12.9. The Balaban J connectivity index is 3.01. The molecule has 0 saturated heterocycles. The molecule has 0 saturated carbocycles. The van der Waals surface area contributed by atoms with Crippen LogP contribution in [0.3, 0.4) is 0 Å². The molecule has 90 valence electrons. The quantitative estimate of drug-likeness (QED) is 0.622. The Labute approximate surface area is 99.0 Å². The minimum absolute atomic E-state index is 0.0491. The molecule has 0 aliphatic heterocycles. The van der Waals surface area contributed by atoms with Gasteiger partial charge < -0.3 is 10.1 Å². The number of nitrogens with one attached hydrogen (secondary N) is 1. The SMILES string of the molecule is COCC(C)Nc1cc(C#N)ccc1[N+](=O)[O-]. The lowest BCUT2D eigenvalue weighted by atomic mass is 10.1. The number of nitro benzene ring substituents is 1. The second-order valence-corrected chi connectivity index (χ2v) is 3.60. The Kier molecular flexibility index (Phi) is 4.43. The molecule has 17 heavy (non-hydrogen) atoms. The predicted octanol–water partition coefficient (Wildman–Crippen LogP) is 1.91. The average molecular weight is 235 g/mol. The van der Waals surface area contributed by atoms with E-state index < -0.39 is 4.92 Å². The molecular formula is C11H13N3O3. The second kappa shape index (κ2) is 5.82. The van der Waals surface area contributed by atoms with Crippen molar-refractivity contribution in [1.29, 1.82) is 5.26 Å². The van der Waals surface area contributed by atoms with Crippen LogP contribution in [0.1, 0.15) is 12.5 Å². The smallest absolute Gasteiger partial charge is 0.292 e. The van der Waals surface area contributed by atoms with E-state index in [1.807, 2.05) is 13.0 Å². The van der Waals surface area contributed by atoms with Crippen LogP contribution in [0.15, 0.2) is 18.2 Å². The van der Waals surface area contributed by atoms with Gasteiger partial charge in [-0.2, -0.15) is 5.26 Å². The summed E-state index contributed by atoms with van der Waals surface area (Å²) in [6.07, 6.45) is 0. The third-order valence-corrected chi connectivity index (χ3v) is 2.14. The zero-order valence-electron chi connectivity index (χ0n) is 9.64. The number of hydrogen-bond donors (Lipinski definition) is 1. The van der Waals surface area contributed by atoms with Gasteiger partial charge in [-0.3, -0.25) is 10.1 Å². The van der Waals surface area contributed by atoms with Gasteiger partial charge in [0.05, 0.1) is 23.2 Å². The first-order valence-electron chi connectivity index (χ1n) is 5.02. The number of nitrogens with zero attached hydrogens (tertiary/aromatic N) is 2. The van der Waals surface area contributed by atoms with Crippen molar-refractivity contribution >= 4 is 11.4 Å². The maximum atomic E-state index is 10.8. The predicted molar refractivity (Wildman–Crippen MR) is 62.8 cm³/mol. The van der Waals surface area contributed by atoms with E-state index in [9.17, 15) is 10.1 Å². The molecule has 6 nitrogen and oxygen atoms in total. The van der Waals surface area contributed by atoms with Crippen molar-refractivity contribution in [2.75, 3.05) is 19.0 Å². The summed E-state index contributed by atoms with van der Waals surface area (Å²) in [5.74, 6) is 0. The number of methoxy groups -OCH3 is 1. The van der Waals surface area contributed by atoms with Crippen LogP contribution in [0.4, 0.5) is 11.4 Å². The summed E-state index contributed by atoms with van der Waals surface area (Å²) in [5, 5.41) is 22.5. The molecule has 0 spiro atoms. The van der Waals surface area contributed by atoms with Gasteiger partial charge in [0.25, 0.3) is 5.69 Å². The van der Waals surface area contributed by atoms with E-state index in [1.165, 1.54) is 18.2 Å². The van der Waals surface area contributed by atoms with Crippen LogP contribution in [-0.2, 0) is 4.74 Å². The molecule has 1 unspecified atom stereocenters.